The highest BCUT2D eigenvalue weighted by atomic mass is 16.5. The second-order valence-electron chi connectivity index (χ2n) is 5.87. The van der Waals surface area contributed by atoms with Gasteiger partial charge in [0.25, 0.3) is 0 Å². The van der Waals surface area contributed by atoms with Crippen molar-refractivity contribution < 1.29 is 14.6 Å². The van der Waals surface area contributed by atoms with E-state index in [1.54, 1.807) is 0 Å². The largest absolute Gasteiger partial charge is 0.461 e. The van der Waals surface area contributed by atoms with Gasteiger partial charge in [-0.2, -0.15) is 0 Å². The Bertz CT molecular complexity index is 292. The first-order valence-corrected chi connectivity index (χ1v) is 6.57. The third kappa shape index (κ3) is 2.80. The Kier molecular flexibility index (Phi) is 3.73. The fourth-order valence-electron chi connectivity index (χ4n) is 3.07. The number of carbonyl (C=O) groups is 1. The molecule has 4 nitrogen and oxygen atoms in total. The zero-order valence-corrected chi connectivity index (χ0v) is 10.9. The molecule has 2 rings (SSSR count). The maximum atomic E-state index is 11.7. The van der Waals surface area contributed by atoms with Crippen LogP contribution in [0.2, 0.25) is 0 Å². The van der Waals surface area contributed by atoms with Gasteiger partial charge in [0, 0.05) is 24.9 Å². The van der Waals surface area contributed by atoms with Gasteiger partial charge in [0.05, 0.1) is 6.10 Å². The predicted octanol–water partition coefficient (Wildman–Crippen LogP) is 1.17. The van der Waals surface area contributed by atoms with Crippen molar-refractivity contribution in [3.63, 3.8) is 0 Å². The molecule has 2 bridgehead atoms. The van der Waals surface area contributed by atoms with Gasteiger partial charge in [-0.25, -0.2) is 0 Å². The lowest BCUT2D eigenvalue weighted by Crippen LogP contribution is -2.44. The standard InChI is InChI=1S/C13H23NO3/c1-8(2)4-13(16)17-12-6-9-5-10(15)7-11(12)14(9)3/h8-12,15H,4-7H2,1-3H3. The van der Waals surface area contributed by atoms with Gasteiger partial charge in [-0.3, -0.25) is 9.69 Å². The van der Waals surface area contributed by atoms with Crippen LogP contribution in [-0.4, -0.2) is 47.3 Å². The van der Waals surface area contributed by atoms with Crippen LogP contribution in [0.15, 0.2) is 0 Å². The summed E-state index contributed by atoms with van der Waals surface area (Å²) in [6.07, 6.45) is 2.66. The molecular formula is C13H23NO3. The number of likely N-dealkylation sites (N-methyl/N-ethyl adjacent to an activating group) is 1. The first kappa shape index (κ1) is 12.8. The lowest BCUT2D eigenvalue weighted by molar-refractivity contribution is -0.151. The molecule has 0 aromatic heterocycles. The highest BCUT2D eigenvalue weighted by Gasteiger charge is 2.46. The summed E-state index contributed by atoms with van der Waals surface area (Å²) in [6, 6.07) is 0.584. The van der Waals surface area contributed by atoms with E-state index < -0.39 is 0 Å². The zero-order chi connectivity index (χ0) is 12.6. The summed E-state index contributed by atoms with van der Waals surface area (Å²) >= 11 is 0. The minimum absolute atomic E-state index is 0.0200. The minimum Gasteiger partial charge on any atom is -0.461 e. The normalized spacial score (nSPS) is 37.5. The summed E-state index contributed by atoms with van der Waals surface area (Å²) < 4.78 is 5.56. The molecule has 2 aliphatic heterocycles. The summed E-state index contributed by atoms with van der Waals surface area (Å²) in [5.41, 5.74) is 0. The van der Waals surface area contributed by atoms with E-state index in [2.05, 4.69) is 11.9 Å². The van der Waals surface area contributed by atoms with Crippen LogP contribution in [0.1, 0.15) is 39.5 Å². The third-order valence-electron chi connectivity index (χ3n) is 3.95. The van der Waals surface area contributed by atoms with Crippen LogP contribution >= 0.6 is 0 Å². The lowest BCUT2D eigenvalue weighted by atomic mass is 10.0. The number of aliphatic hydroxyl groups excluding tert-OH is 1. The van der Waals surface area contributed by atoms with Crippen molar-refractivity contribution in [2.75, 3.05) is 7.05 Å². The van der Waals surface area contributed by atoms with Crippen molar-refractivity contribution in [3.8, 4) is 0 Å². The van der Waals surface area contributed by atoms with E-state index in [-0.39, 0.29) is 24.2 Å². The van der Waals surface area contributed by atoms with Crippen molar-refractivity contribution in [1.29, 1.82) is 0 Å². The molecule has 2 fully saturated rings. The van der Waals surface area contributed by atoms with Crippen LogP contribution < -0.4 is 0 Å². The fourth-order valence-corrected chi connectivity index (χ4v) is 3.07. The van der Waals surface area contributed by atoms with Gasteiger partial charge in [0.2, 0.25) is 0 Å². The number of piperidine rings is 1. The Morgan fingerprint density at radius 3 is 2.76 bits per heavy atom. The molecule has 0 amide bonds. The summed E-state index contributed by atoms with van der Waals surface area (Å²) in [5, 5.41) is 9.74. The first-order valence-electron chi connectivity index (χ1n) is 6.57. The average Bonchev–Trinajstić information content (AvgIpc) is 2.40. The molecule has 4 heteroatoms. The van der Waals surface area contributed by atoms with Crippen molar-refractivity contribution in [2.24, 2.45) is 5.92 Å². The summed E-state index contributed by atoms with van der Waals surface area (Å²) in [6.45, 7) is 4.04. The lowest BCUT2D eigenvalue weighted by Gasteiger charge is -2.34. The van der Waals surface area contributed by atoms with E-state index in [1.165, 1.54) is 0 Å². The highest BCUT2D eigenvalue weighted by Crippen LogP contribution is 2.36. The number of carbonyl (C=O) groups excluding carboxylic acids is 1. The molecule has 0 saturated carbocycles. The van der Waals surface area contributed by atoms with Crippen molar-refractivity contribution in [3.05, 3.63) is 0 Å². The fraction of sp³-hybridized carbons (Fsp3) is 0.923. The molecule has 0 aromatic carbocycles. The van der Waals surface area contributed by atoms with Gasteiger partial charge >= 0.3 is 5.97 Å². The molecular weight excluding hydrogens is 218 g/mol. The second-order valence-corrected chi connectivity index (χ2v) is 5.87. The number of aliphatic hydroxyl groups is 1. The van der Waals surface area contributed by atoms with E-state index in [1.807, 2.05) is 13.8 Å². The van der Waals surface area contributed by atoms with E-state index in [0.717, 1.165) is 19.3 Å². The van der Waals surface area contributed by atoms with Gasteiger partial charge in [0.15, 0.2) is 0 Å². The number of rotatable bonds is 3. The molecule has 17 heavy (non-hydrogen) atoms. The van der Waals surface area contributed by atoms with Crippen LogP contribution in [0.5, 0.6) is 0 Å². The van der Waals surface area contributed by atoms with E-state index in [0.29, 0.717) is 18.4 Å². The van der Waals surface area contributed by atoms with Gasteiger partial charge in [-0.05, 0) is 25.8 Å². The van der Waals surface area contributed by atoms with E-state index in [4.69, 9.17) is 4.74 Å². The van der Waals surface area contributed by atoms with Crippen molar-refractivity contribution in [2.45, 2.75) is 63.8 Å². The molecule has 2 aliphatic rings. The molecule has 0 spiro atoms. The van der Waals surface area contributed by atoms with Gasteiger partial charge in [-0.15, -0.1) is 0 Å². The number of fused-ring (bicyclic) bond motifs is 2. The Labute approximate surface area is 103 Å². The number of hydrogen-bond donors (Lipinski definition) is 1. The Hall–Kier alpha value is -0.610. The Balaban J connectivity index is 1.92. The van der Waals surface area contributed by atoms with Crippen LogP contribution in [-0.2, 0) is 9.53 Å². The summed E-state index contributed by atoms with van der Waals surface area (Å²) in [7, 11) is 2.07. The van der Waals surface area contributed by atoms with Gasteiger partial charge in [0.1, 0.15) is 6.10 Å². The molecule has 2 saturated heterocycles. The maximum Gasteiger partial charge on any atom is 0.306 e. The molecule has 0 aromatic rings. The SMILES string of the molecule is CC(C)CC(=O)OC1CC2CC(O)CC1N2C. The van der Waals surface area contributed by atoms with Crippen molar-refractivity contribution in [1.82, 2.24) is 4.90 Å². The van der Waals surface area contributed by atoms with E-state index in [9.17, 15) is 9.90 Å². The van der Waals surface area contributed by atoms with Gasteiger partial charge in [-0.1, -0.05) is 13.8 Å². The quantitative estimate of drug-likeness (QED) is 0.754. The monoisotopic (exact) mass is 241 g/mol. The number of nitrogens with zero attached hydrogens (tertiary/aromatic N) is 1. The van der Waals surface area contributed by atoms with E-state index >= 15 is 0 Å². The number of hydrogen-bond acceptors (Lipinski definition) is 4. The second kappa shape index (κ2) is 4.94. The summed E-state index contributed by atoms with van der Waals surface area (Å²) in [5.74, 6) is 0.243. The number of esters is 1. The van der Waals surface area contributed by atoms with Crippen LogP contribution in [0.25, 0.3) is 0 Å². The molecule has 98 valence electrons. The summed E-state index contributed by atoms with van der Waals surface area (Å²) in [4.78, 5) is 13.9. The highest BCUT2D eigenvalue weighted by molar-refractivity contribution is 5.69. The minimum atomic E-state index is -0.227. The smallest absolute Gasteiger partial charge is 0.306 e. The topological polar surface area (TPSA) is 49.8 Å². The third-order valence-corrected chi connectivity index (χ3v) is 3.95. The number of ether oxygens (including phenoxy) is 1. The predicted molar refractivity (Wildman–Crippen MR) is 64.5 cm³/mol. The molecule has 2 heterocycles. The molecule has 4 unspecified atom stereocenters. The Morgan fingerprint density at radius 1 is 1.41 bits per heavy atom. The molecule has 4 atom stereocenters. The molecule has 0 aliphatic carbocycles. The maximum absolute atomic E-state index is 11.7. The zero-order valence-electron chi connectivity index (χ0n) is 10.9. The Morgan fingerprint density at radius 2 is 2.12 bits per heavy atom. The van der Waals surface area contributed by atoms with Crippen LogP contribution in [0, 0.1) is 5.92 Å². The van der Waals surface area contributed by atoms with Gasteiger partial charge < -0.3 is 9.84 Å². The van der Waals surface area contributed by atoms with Crippen LogP contribution in [0.3, 0.4) is 0 Å². The molecule has 1 N–H and O–H groups in total. The van der Waals surface area contributed by atoms with Crippen LogP contribution in [0.4, 0.5) is 0 Å². The van der Waals surface area contributed by atoms with Crippen molar-refractivity contribution >= 4 is 5.97 Å². The molecule has 0 radical (unpaired) electrons. The average molecular weight is 241 g/mol. The first-order chi connectivity index (χ1) is 7.97.